The lowest BCUT2D eigenvalue weighted by Crippen LogP contribution is -2.51. The number of allylic oxidation sites excluding steroid dienone is 1. The summed E-state index contributed by atoms with van der Waals surface area (Å²) >= 11 is 0. The van der Waals surface area contributed by atoms with E-state index in [1.807, 2.05) is 13.8 Å². The Morgan fingerprint density at radius 1 is 1.38 bits per heavy atom. The molecule has 122 valence electrons. The molecule has 2 N–H and O–H groups in total. The summed E-state index contributed by atoms with van der Waals surface area (Å²) in [7, 11) is 1.63. The predicted octanol–water partition coefficient (Wildman–Crippen LogP) is 1.14. The van der Waals surface area contributed by atoms with E-state index in [1.165, 1.54) is 0 Å². The second-order valence-corrected chi connectivity index (χ2v) is 5.87. The highest BCUT2D eigenvalue weighted by atomic mass is 16.7. The zero-order valence-corrected chi connectivity index (χ0v) is 13.1. The van der Waals surface area contributed by atoms with Crippen molar-refractivity contribution in [3.05, 3.63) is 12.3 Å². The highest BCUT2D eigenvalue weighted by molar-refractivity contribution is 4.90. The van der Waals surface area contributed by atoms with Crippen molar-refractivity contribution >= 4 is 0 Å². The van der Waals surface area contributed by atoms with Crippen LogP contribution in [0.5, 0.6) is 0 Å². The van der Waals surface area contributed by atoms with Crippen LogP contribution in [0, 0.1) is 0 Å². The van der Waals surface area contributed by atoms with E-state index in [1.54, 1.807) is 7.11 Å². The van der Waals surface area contributed by atoms with Crippen molar-refractivity contribution in [1.29, 1.82) is 0 Å². The van der Waals surface area contributed by atoms with Gasteiger partial charge in [-0.1, -0.05) is 6.58 Å². The fourth-order valence-electron chi connectivity index (χ4n) is 2.92. The molecular weight excluding hydrogens is 274 g/mol. The summed E-state index contributed by atoms with van der Waals surface area (Å²) in [5.41, 5.74) is 0.950. The first kappa shape index (κ1) is 16.7. The Bertz CT molecular complexity index is 343. The molecule has 0 amide bonds. The highest BCUT2D eigenvalue weighted by Gasteiger charge is 2.39. The molecule has 0 aromatic rings. The smallest absolute Gasteiger partial charge is 0.158 e. The minimum Gasteiger partial charge on any atom is -0.384 e. The molecule has 2 rings (SSSR count). The fourth-order valence-corrected chi connectivity index (χ4v) is 2.92. The number of ether oxygens (including phenoxy) is 4. The molecule has 0 aliphatic carbocycles. The minimum absolute atomic E-state index is 0.182. The molecule has 2 heterocycles. The molecule has 0 saturated carbocycles. The second-order valence-electron chi connectivity index (χ2n) is 5.87. The fraction of sp³-hybridized carbons (Fsp3) is 0.867. The number of hydrogen-bond acceptors (Lipinski definition) is 6. The van der Waals surface area contributed by atoms with Gasteiger partial charge in [-0.2, -0.15) is 0 Å². The predicted molar refractivity (Wildman–Crippen MR) is 77.6 cm³/mol. The van der Waals surface area contributed by atoms with E-state index in [-0.39, 0.29) is 24.6 Å². The monoisotopic (exact) mass is 301 g/mol. The van der Waals surface area contributed by atoms with Crippen LogP contribution in [0.3, 0.4) is 0 Å². The average molecular weight is 301 g/mol. The first-order valence-corrected chi connectivity index (χ1v) is 7.55. The van der Waals surface area contributed by atoms with Crippen molar-refractivity contribution in [2.24, 2.45) is 0 Å². The topological polar surface area (TPSA) is 69.2 Å². The maximum Gasteiger partial charge on any atom is 0.158 e. The lowest BCUT2D eigenvalue weighted by molar-refractivity contribution is -0.285. The standard InChI is InChI=1S/C15H27NO5/c1-9(2)16-11-5-6-14(19-8-11)21-15-10(3)20-13(17)7-12(15)18-4/h10-17H,1,5-8H2,2-4H3/t10?,11?,12?,13-,14?,15+/m1/s1. The van der Waals surface area contributed by atoms with Crippen LogP contribution in [-0.2, 0) is 18.9 Å². The van der Waals surface area contributed by atoms with E-state index in [0.717, 1.165) is 18.5 Å². The maximum absolute atomic E-state index is 9.62. The SMILES string of the molecule is C=C(C)NC1CCC(O[C@H]2C(C)O[C@@H](O)CC2OC)OC1. The molecule has 2 fully saturated rings. The highest BCUT2D eigenvalue weighted by Crippen LogP contribution is 2.27. The van der Waals surface area contributed by atoms with Crippen LogP contribution in [0.2, 0.25) is 0 Å². The van der Waals surface area contributed by atoms with Crippen molar-refractivity contribution in [2.75, 3.05) is 13.7 Å². The summed E-state index contributed by atoms with van der Waals surface area (Å²) in [5, 5.41) is 12.9. The Morgan fingerprint density at radius 3 is 2.71 bits per heavy atom. The lowest BCUT2D eigenvalue weighted by Gasteiger charge is -2.40. The van der Waals surface area contributed by atoms with Gasteiger partial charge in [0, 0.05) is 31.7 Å². The Hall–Kier alpha value is -0.660. The van der Waals surface area contributed by atoms with Crippen molar-refractivity contribution in [2.45, 2.75) is 70.0 Å². The van der Waals surface area contributed by atoms with Crippen LogP contribution in [-0.4, -0.2) is 55.8 Å². The van der Waals surface area contributed by atoms with Gasteiger partial charge in [-0.15, -0.1) is 0 Å². The number of rotatable bonds is 5. The van der Waals surface area contributed by atoms with Gasteiger partial charge >= 0.3 is 0 Å². The number of nitrogens with one attached hydrogen (secondary N) is 1. The molecule has 0 spiro atoms. The van der Waals surface area contributed by atoms with Crippen molar-refractivity contribution < 1.29 is 24.1 Å². The van der Waals surface area contributed by atoms with Gasteiger partial charge in [-0.25, -0.2) is 0 Å². The zero-order valence-electron chi connectivity index (χ0n) is 13.1. The Morgan fingerprint density at radius 2 is 2.14 bits per heavy atom. The van der Waals surface area contributed by atoms with Crippen LogP contribution in [0.1, 0.15) is 33.1 Å². The molecule has 6 atom stereocenters. The van der Waals surface area contributed by atoms with Crippen LogP contribution < -0.4 is 5.32 Å². The molecular formula is C15H27NO5. The van der Waals surface area contributed by atoms with E-state index in [4.69, 9.17) is 18.9 Å². The maximum atomic E-state index is 9.62. The number of hydrogen-bond donors (Lipinski definition) is 2. The van der Waals surface area contributed by atoms with Gasteiger partial charge in [0.2, 0.25) is 0 Å². The van der Waals surface area contributed by atoms with E-state index in [9.17, 15) is 5.11 Å². The Kier molecular flexibility index (Phi) is 6.01. The van der Waals surface area contributed by atoms with Crippen LogP contribution in [0.25, 0.3) is 0 Å². The van der Waals surface area contributed by atoms with Crippen molar-refractivity contribution in [3.63, 3.8) is 0 Å². The Balaban J connectivity index is 1.82. The first-order valence-electron chi connectivity index (χ1n) is 7.55. The summed E-state index contributed by atoms with van der Waals surface area (Å²) in [6.07, 6.45) is 0.518. The second kappa shape index (κ2) is 7.56. The van der Waals surface area contributed by atoms with Gasteiger partial charge in [0.25, 0.3) is 0 Å². The molecule has 4 unspecified atom stereocenters. The molecule has 0 radical (unpaired) electrons. The summed E-state index contributed by atoms with van der Waals surface area (Å²) in [4.78, 5) is 0. The molecule has 6 nitrogen and oxygen atoms in total. The summed E-state index contributed by atoms with van der Waals surface area (Å²) in [6, 6.07) is 0.294. The zero-order chi connectivity index (χ0) is 15.4. The van der Waals surface area contributed by atoms with E-state index in [2.05, 4.69) is 11.9 Å². The van der Waals surface area contributed by atoms with Crippen LogP contribution >= 0.6 is 0 Å². The van der Waals surface area contributed by atoms with E-state index in [0.29, 0.717) is 19.1 Å². The molecule has 2 aliphatic heterocycles. The van der Waals surface area contributed by atoms with Gasteiger partial charge < -0.3 is 29.4 Å². The van der Waals surface area contributed by atoms with Gasteiger partial charge in [-0.3, -0.25) is 0 Å². The van der Waals surface area contributed by atoms with Crippen LogP contribution in [0.4, 0.5) is 0 Å². The van der Waals surface area contributed by atoms with Crippen molar-refractivity contribution in [3.8, 4) is 0 Å². The third-order valence-corrected chi connectivity index (χ3v) is 3.93. The Labute approximate surface area is 126 Å². The molecule has 2 saturated heterocycles. The largest absolute Gasteiger partial charge is 0.384 e. The summed E-state index contributed by atoms with van der Waals surface area (Å²) in [5.74, 6) is 0. The van der Waals surface area contributed by atoms with Gasteiger partial charge in [-0.05, 0) is 20.3 Å². The molecule has 21 heavy (non-hydrogen) atoms. The molecule has 0 bridgehead atoms. The first-order chi connectivity index (χ1) is 9.99. The third kappa shape index (κ3) is 4.66. The number of methoxy groups -OCH3 is 1. The van der Waals surface area contributed by atoms with E-state index < -0.39 is 6.29 Å². The van der Waals surface area contributed by atoms with Gasteiger partial charge in [0.15, 0.2) is 12.6 Å². The average Bonchev–Trinajstić information content (AvgIpc) is 2.42. The number of aliphatic hydroxyl groups excluding tert-OH is 1. The number of aliphatic hydroxyl groups is 1. The van der Waals surface area contributed by atoms with Gasteiger partial charge in [0.1, 0.15) is 6.10 Å². The third-order valence-electron chi connectivity index (χ3n) is 3.93. The summed E-state index contributed by atoms with van der Waals surface area (Å²) < 4.78 is 22.6. The molecule has 2 aliphatic rings. The normalized spacial score (nSPS) is 40.8. The molecule has 6 heteroatoms. The molecule has 0 aromatic carbocycles. The quantitative estimate of drug-likeness (QED) is 0.794. The van der Waals surface area contributed by atoms with Crippen molar-refractivity contribution in [1.82, 2.24) is 5.32 Å². The van der Waals surface area contributed by atoms with Crippen LogP contribution in [0.15, 0.2) is 12.3 Å². The lowest BCUT2D eigenvalue weighted by atomic mass is 10.0. The minimum atomic E-state index is -0.791. The molecule has 0 aromatic heterocycles. The van der Waals surface area contributed by atoms with E-state index >= 15 is 0 Å². The summed E-state index contributed by atoms with van der Waals surface area (Å²) in [6.45, 7) is 8.27. The van der Waals surface area contributed by atoms with Gasteiger partial charge in [0.05, 0.1) is 18.8 Å².